The van der Waals surface area contributed by atoms with Crippen LogP contribution in [0.2, 0.25) is 5.02 Å². The lowest BCUT2D eigenvalue weighted by atomic mass is 10.1. The number of hydrogen-bond acceptors (Lipinski definition) is 5. The third-order valence-corrected chi connectivity index (χ3v) is 6.52. The summed E-state index contributed by atoms with van der Waals surface area (Å²) in [5.41, 5.74) is 1.38. The van der Waals surface area contributed by atoms with Gasteiger partial charge in [-0.15, -0.1) is 0 Å². The number of nitriles is 1. The Kier molecular flexibility index (Phi) is 4.31. The summed E-state index contributed by atoms with van der Waals surface area (Å²) < 4.78 is 23.2. The molecule has 1 atom stereocenters. The maximum Gasteiger partial charge on any atom is 0.151 e. The van der Waals surface area contributed by atoms with Gasteiger partial charge in [0.2, 0.25) is 0 Å². The van der Waals surface area contributed by atoms with Gasteiger partial charge in [0.25, 0.3) is 0 Å². The number of sulfone groups is 1. The number of anilines is 1. The van der Waals surface area contributed by atoms with E-state index in [4.69, 9.17) is 11.6 Å². The van der Waals surface area contributed by atoms with Crippen molar-refractivity contribution in [2.24, 2.45) is 0 Å². The molecule has 22 heavy (non-hydrogen) atoms. The Morgan fingerprint density at radius 1 is 1.23 bits per heavy atom. The van der Waals surface area contributed by atoms with Crippen LogP contribution >= 0.6 is 11.6 Å². The number of halogens is 1. The summed E-state index contributed by atoms with van der Waals surface area (Å²) in [5, 5.41) is 9.84. The predicted molar refractivity (Wildman–Crippen MR) is 87.0 cm³/mol. The zero-order chi connectivity index (χ0) is 15.7. The van der Waals surface area contributed by atoms with Crippen LogP contribution in [-0.4, -0.2) is 57.0 Å². The van der Waals surface area contributed by atoms with Crippen LogP contribution in [-0.2, 0) is 9.84 Å². The number of rotatable bonds is 2. The van der Waals surface area contributed by atoms with Gasteiger partial charge in [0, 0.05) is 32.2 Å². The molecule has 5 nitrogen and oxygen atoms in total. The Morgan fingerprint density at radius 3 is 2.55 bits per heavy atom. The minimum absolute atomic E-state index is 0.147. The third kappa shape index (κ3) is 3.07. The third-order valence-electron chi connectivity index (χ3n) is 4.46. The molecule has 0 N–H and O–H groups in total. The predicted octanol–water partition coefficient (Wildman–Crippen LogP) is 1.52. The Balaban J connectivity index is 1.69. The first-order chi connectivity index (χ1) is 10.5. The van der Waals surface area contributed by atoms with E-state index in [0.717, 1.165) is 38.3 Å². The summed E-state index contributed by atoms with van der Waals surface area (Å²) >= 11 is 6.26. The van der Waals surface area contributed by atoms with Crippen molar-refractivity contribution in [1.82, 2.24) is 4.90 Å². The molecular weight excluding hydrogens is 322 g/mol. The van der Waals surface area contributed by atoms with E-state index in [1.807, 2.05) is 0 Å². The highest BCUT2D eigenvalue weighted by Gasteiger charge is 2.34. The normalized spacial score (nSPS) is 25.1. The minimum Gasteiger partial charge on any atom is -0.367 e. The van der Waals surface area contributed by atoms with Gasteiger partial charge < -0.3 is 4.90 Å². The van der Waals surface area contributed by atoms with Gasteiger partial charge in [-0.25, -0.2) is 8.42 Å². The number of hydrogen-bond donors (Lipinski definition) is 0. The molecule has 2 aliphatic rings. The highest BCUT2D eigenvalue weighted by atomic mass is 35.5. The summed E-state index contributed by atoms with van der Waals surface area (Å²) in [6, 6.07) is 7.69. The molecule has 0 spiro atoms. The zero-order valence-corrected chi connectivity index (χ0v) is 13.8. The van der Waals surface area contributed by atoms with E-state index in [-0.39, 0.29) is 11.8 Å². The van der Waals surface area contributed by atoms with Crippen molar-refractivity contribution in [2.75, 3.05) is 42.6 Å². The van der Waals surface area contributed by atoms with E-state index in [2.05, 4.69) is 15.9 Å². The van der Waals surface area contributed by atoms with Crippen LogP contribution in [0.25, 0.3) is 0 Å². The molecule has 1 aromatic rings. The van der Waals surface area contributed by atoms with Crippen molar-refractivity contribution in [2.45, 2.75) is 12.5 Å². The molecular formula is C15H18ClN3O2S. The SMILES string of the molecule is N#Cc1cccc(Cl)c1N1CCN(C2CCS(=O)(=O)C2)CC1. The molecule has 1 unspecified atom stereocenters. The van der Waals surface area contributed by atoms with Crippen molar-refractivity contribution in [3.63, 3.8) is 0 Å². The topological polar surface area (TPSA) is 64.4 Å². The number of piperazine rings is 1. The molecule has 0 saturated carbocycles. The molecule has 118 valence electrons. The maximum atomic E-state index is 11.6. The molecule has 2 heterocycles. The van der Waals surface area contributed by atoms with Crippen LogP contribution < -0.4 is 4.90 Å². The first-order valence-corrected chi connectivity index (χ1v) is 9.58. The van der Waals surface area contributed by atoms with Gasteiger partial charge in [0.05, 0.1) is 27.8 Å². The number of para-hydroxylation sites is 1. The van der Waals surface area contributed by atoms with Crippen LogP contribution in [0, 0.1) is 11.3 Å². The van der Waals surface area contributed by atoms with Gasteiger partial charge in [-0.05, 0) is 18.6 Å². The van der Waals surface area contributed by atoms with Gasteiger partial charge in [0.1, 0.15) is 6.07 Å². The maximum absolute atomic E-state index is 11.6. The minimum atomic E-state index is -2.85. The fraction of sp³-hybridized carbons (Fsp3) is 0.533. The monoisotopic (exact) mass is 339 g/mol. The zero-order valence-electron chi connectivity index (χ0n) is 12.2. The summed E-state index contributed by atoms with van der Waals surface area (Å²) in [5.74, 6) is 0.587. The molecule has 0 aliphatic carbocycles. The van der Waals surface area contributed by atoms with Gasteiger partial charge in [-0.2, -0.15) is 5.26 Å². The van der Waals surface area contributed by atoms with Crippen molar-refractivity contribution >= 4 is 27.1 Å². The molecule has 7 heteroatoms. The molecule has 1 aromatic carbocycles. The van der Waals surface area contributed by atoms with Crippen molar-refractivity contribution in [3.05, 3.63) is 28.8 Å². The average molecular weight is 340 g/mol. The lowest BCUT2D eigenvalue weighted by molar-refractivity contribution is 0.200. The van der Waals surface area contributed by atoms with E-state index >= 15 is 0 Å². The second-order valence-electron chi connectivity index (χ2n) is 5.83. The summed E-state index contributed by atoms with van der Waals surface area (Å²) in [6.45, 7) is 3.12. The number of nitrogens with zero attached hydrogens (tertiary/aromatic N) is 3. The fourth-order valence-corrected chi connectivity index (χ4v) is 5.36. The molecule has 0 aromatic heterocycles. The van der Waals surface area contributed by atoms with E-state index in [1.165, 1.54) is 0 Å². The Bertz CT molecular complexity index is 706. The first kappa shape index (κ1) is 15.6. The fourth-order valence-electron chi connectivity index (χ4n) is 3.30. The van der Waals surface area contributed by atoms with Crippen molar-refractivity contribution in [3.8, 4) is 6.07 Å². The standard InChI is InChI=1S/C15H18ClN3O2S/c16-14-3-1-2-12(10-17)15(14)19-7-5-18(6-8-19)13-4-9-22(20,21)11-13/h1-3,13H,4-9,11H2. The molecule has 2 saturated heterocycles. The Labute approximate surface area is 136 Å². The largest absolute Gasteiger partial charge is 0.367 e. The van der Waals surface area contributed by atoms with Crippen molar-refractivity contribution < 1.29 is 8.42 Å². The van der Waals surface area contributed by atoms with E-state index in [0.29, 0.717) is 16.3 Å². The lowest BCUT2D eigenvalue weighted by Crippen LogP contribution is -2.51. The van der Waals surface area contributed by atoms with Gasteiger partial charge in [0.15, 0.2) is 9.84 Å². The van der Waals surface area contributed by atoms with Gasteiger partial charge in [-0.3, -0.25) is 4.90 Å². The van der Waals surface area contributed by atoms with Crippen LogP contribution in [0.15, 0.2) is 18.2 Å². The van der Waals surface area contributed by atoms with Crippen LogP contribution in [0.3, 0.4) is 0 Å². The van der Waals surface area contributed by atoms with E-state index < -0.39 is 9.84 Å². The van der Waals surface area contributed by atoms with Crippen LogP contribution in [0.1, 0.15) is 12.0 Å². The highest BCUT2D eigenvalue weighted by molar-refractivity contribution is 7.91. The Hall–Kier alpha value is -1.29. The molecule has 0 radical (unpaired) electrons. The highest BCUT2D eigenvalue weighted by Crippen LogP contribution is 2.31. The van der Waals surface area contributed by atoms with Crippen LogP contribution in [0.4, 0.5) is 5.69 Å². The average Bonchev–Trinajstić information content (AvgIpc) is 2.87. The second kappa shape index (κ2) is 6.07. The smallest absolute Gasteiger partial charge is 0.151 e. The van der Waals surface area contributed by atoms with E-state index in [1.54, 1.807) is 18.2 Å². The summed E-state index contributed by atoms with van der Waals surface area (Å²) in [7, 11) is -2.85. The molecule has 0 bridgehead atoms. The summed E-state index contributed by atoms with van der Waals surface area (Å²) in [4.78, 5) is 4.38. The summed E-state index contributed by atoms with van der Waals surface area (Å²) in [6.07, 6.45) is 0.734. The lowest BCUT2D eigenvalue weighted by Gasteiger charge is -2.39. The van der Waals surface area contributed by atoms with Crippen molar-refractivity contribution in [1.29, 1.82) is 5.26 Å². The van der Waals surface area contributed by atoms with E-state index in [9.17, 15) is 13.7 Å². The molecule has 0 amide bonds. The van der Waals surface area contributed by atoms with Crippen LogP contribution in [0.5, 0.6) is 0 Å². The molecule has 2 aliphatic heterocycles. The number of benzene rings is 1. The Morgan fingerprint density at radius 2 is 1.95 bits per heavy atom. The molecule has 2 fully saturated rings. The second-order valence-corrected chi connectivity index (χ2v) is 8.46. The quantitative estimate of drug-likeness (QED) is 0.817. The van der Waals surface area contributed by atoms with Gasteiger partial charge in [-0.1, -0.05) is 17.7 Å². The first-order valence-electron chi connectivity index (χ1n) is 7.38. The molecule has 3 rings (SSSR count). The van der Waals surface area contributed by atoms with Gasteiger partial charge >= 0.3 is 0 Å².